The van der Waals surface area contributed by atoms with E-state index in [2.05, 4.69) is 78.4 Å². The Morgan fingerprint density at radius 2 is 1.73 bits per heavy atom. The largest absolute Gasteiger partial charge is 0.354 e. The third kappa shape index (κ3) is 3.45. The fraction of sp³-hybridized carbons (Fsp3) is 0.348. The molecule has 2 aromatic rings. The van der Waals surface area contributed by atoms with Gasteiger partial charge in [0.15, 0.2) is 0 Å². The number of nitrogens with zero attached hydrogens (tertiary/aromatic N) is 3. The number of likely N-dealkylation sites (N-methyl/N-ethyl adjacent to an activating group) is 1. The third-order valence-electron chi connectivity index (χ3n) is 5.43. The monoisotopic (exact) mass is 345 g/mol. The zero-order chi connectivity index (χ0) is 17.9. The molecule has 0 radical (unpaired) electrons. The van der Waals surface area contributed by atoms with Crippen molar-refractivity contribution in [3.8, 4) is 0 Å². The molecule has 0 N–H and O–H groups in total. The Labute approximate surface area is 156 Å². The third-order valence-corrected chi connectivity index (χ3v) is 5.43. The van der Waals surface area contributed by atoms with Crippen molar-refractivity contribution in [1.29, 1.82) is 0 Å². The molecule has 26 heavy (non-hydrogen) atoms. The fourth-order valence-corrected chi connectivity index (χ4v) is 3.73. The summed E-state index contributed by atoms with van der Waals surface area (Å²) in [7, 11) is 2.20. The van der Waals surface area contributed by atoms with Crippen LogP contribution < -0.4 is 0 Å². The molecule has 0 unspecified atom stereocenters. The molecule has 2 heterocycles. The minimum atomic E-state index is 0.939. The molecule has 2 aromatic carbocycles. The average molecular weight is 345 g/mol. The second kappa shape index (κ2) is 7.46. The molecule has 0 saturated carbocycles. The van der Waals surface area contributed by atoms with Gasteiger partial charge in [-0.2, -0.15) is 0 Å². The van der Waals surface area contributed by atoms with Gasteiger partial charge in [-0.3, -0.25) is 0 Å². The van der Waals surface area contributed by atoms with Crippen molar-refractivity contribution < 1.29 is 0 Å². The number of piperazine rings is 1. The summed E-state index contributed by atoms with van der Waals surface area (Å²) >= 11 is 0. The first-order chi connectivity index (χ1) is 12.7. The molecule has 1 saturated heterocycles. The molecule has 2 aliphatic rings. The predicted molar refractivity (Wildman–Crippen MR) is 110 cm³/mol. The van der Waals surface area contributed by atoms with Crippen molar-refractivity contribution in [2.24, 2.45) is 4.99 Å². The van der Waals surface area contributed by atoms with Crippen molar-refractivity contribution in [3.63, 3.8) is 0 Å². The van der Waals surface area contributed by atoms with Crippen LogP contribution in [0, 0.1) is 0 Å². The van der Waals surface area contributed by atoms with E-state index in [9.17, 15) is 0 Å². The zero-order valence-electron chi connectivity index (χ0n) is 15.8. The first kappa shape index (κ1) is 17.0. The Morgan fingerprint density at radius 3 is 2.46 bits per heavy atom. The molecule has 0 spiro atoms. The summed E-state index contributed by atoms with van der Waals surface area (Å²) in [5.74, 6) is 1.13. The lowest BCUT2D eigenvalue weighted by molar-refractivity contribution is 0.216. The molecule has 2 aliphatic heterocycles. The fourth-order valence-electron chi connectivity index (χ4n) is 3.73. The van der Waals surface area contributed by atoms with Crippen LogP contribution >= 0.6 is 0 Å². The number of aliphatic imine (C=N–C) groups is 1. The number of hydrogen-bond acceptors (Lipinski definition) is 3. The van der Waals surface area contributed by atoms with Gasteiger partial charge in [-0.1, -0.05) is 55.5 Å². The van der Waals surface area contributed by atoms with Crippen LogP contribution in [0.5, 0.6) is 0 Å². The van der Waals surface area contributed by atoms with Crippen LogP contribution in [0.3, 0.4) is 0 Å². The van der Waals surface area contributed by atoms with Crippen LogP contribution in [-0.4, -0.2) is 48.9 Å². The highest BCUT2D eigenvalue weighted by Crippen LogP contribution is 2.31. The molecule has 0 aromatic heterocycles. The Bertz CT molecular complexity index is 828. The van der Waals surface area contributed by atoms with Gasteiger partial charge in [-0.15, -0.1) is 0 Å². The quantitative estimate of drug-likeness (QED) is 0.814. The van der Waals surface area contributed by atoms with Gasteiger partial charge in [0.25, 0.3) is 0 Å². The number of hydrogen-bond donors (Lipinski definition) is 0. The number of benzene rings is 2. The summed E-state index contributed by atoms with van der Waals surface area (Å²) in [5, 5.41) is 0. The predicted octanol–water partition coefficient (Wildman–Crippen LogP) is 4.17. The van der Waals surface area contributed by atoms with E-state index in [0.717, 1.165) is 50.5 Å². The first-order valence-electron chi connectivity index (χ1n) is 9.64. The molecule has 4 rings (SSSR count). The second-order valence-electron chi connectivity index (χ2n) is 7.23. The lowest BCUT2D eigenvalue weighted by atomic mass is 10.0. The molecular formula is C23H27N3. The molecule has 3 nitrogen and oxygen atoms in total. The topological polar surface area (TPSA) is 18.8 Å². The molecule has 1 fully saturated rings. The molecule has 0 amide bonds. The van der Waals surface area contributed by atoms with Gasteiger partial charge in [0.1, 0.15) is 5.84 Å². The van der Waals surface area contributed by atoms with E-state index in [1.54, 1.807) is 0 Å². The Kier molecular flexibility index (Phi) is 4.89. The number of allylic oxidation sites excluding steroid dienone is 1. The highest BCUT2D eigenvalue weighted by molar-refractivity contribution is 6.23. The van der Waals surface area contributed by atoms with E-state index < -0.39 is 0 Å². The maximum absolute atomic E-state index is 5.18. The number of amidine groups is 1. The van der Waals surface area contributed by atoms with Gasteiger partial charge in [0, 0.05) is 31.8 Å². The van der Waals surface area contributed by atoms with Crippen LogP contribution in [0.15, 0.2) is 59.6 Å². The highest BCUT2D eigenvalue weighted by Gasteiger charge is 2.23. The summed E-state index contributed by atoms with van der Waals surface area (Å²) in [6.45, 7) is 6.44. The molecule has 134 valence electrons. The van der Waals surface area contributed by atoms with Gasteiger partial charge in [0.2, 0.25) is 0 Å². The van der Waals surface area contributed by atoms with Gasteiger partial charge in [0.05, 0.1) is 5.69 Å². The lowest BCUT2D eigenvalue weighted by Gasteiger charge is -2.35. The van der Waals surface area contributed by atoms with Gasteiger partial charge in [-0.25, -0.2) is 4.99 Å². The van der Waals surface area contributed by atoms with E-state index in [0.29, 0.717) is 0 Å². The van der Waals surface area contributed by atoms with Gasteiger partial charge < -0.3 is 9.80 Å². The minimum absolute atomic E-state index is 0.939. The first-order valence-corrected chi connectivity index (χ1v) is 9.64. The number of fused-ring (bicyclic) bond motifs is 1. The Balaban J connectivity index is 1.78. The van der Waals surface area contributed by atoms with Crippen LogP contribution in [0.1, 0.15) is 23.6 Å². The molecular weight excluding hydrogens is 318 g/mol. The number of rotatable bonds is 2. The van der Waals surface area contributed by atoms with Crippen molar-refractivity contribution in [2.75, 3.05) is 33.2 Å². The van der Waals surface area contributed by atoms with E-state index in [-0.39, 0.29) is 0 Å². The zero-order valence-corrected chi connectivity index (χ0v) is 15.8. The maximum Gasteiger partial charge on any atom is 0.136 e. The smallest absolute Gasteiger partial charge is 0.136 e. The van der Waals surface area contributed by atoms with Crippen molar-refractivity contribution >= 4 is 17.1 Å². The summed E-state index contributed by atoms with van der Waals surface area (Å²) in [6.07, 6.45) is 4.38. The molecule has 0 atom stereocenters. The van der Waals surface area contributed by atoms with E-state index in [1.807, 2.05) is 0 Å². The van der Waals surface area contributed by atoms with E-state index >= 15 is 0 Å². The van der Waals surface area contributed by atoms with Gasteiger partial charge >= 0.3 is 0 Å². The average Bonchev–Trinajstić information content (AvgIpc) is 2.88. The Hall–Kier alpha value is -2.39. The highest BCUT2D eigenvalue weighted by atomic mass is 15.3. The summed E-state index contributed by atoms with van der Waals surface area (Å²) < 4.78 is 0. The SMILES string of the molecule is CCc1ccc2c(c1)CC=C(c1ccccc1)C(N1CCN(C)CC1)=N2. The van der Waals surface area contributed by atoms with Crippen LogP contribution in [-0.2, 0) is 12.8 Å². The number of aryl methyl sites for hydroxylation is 1. The van der Waals surface area contributed by atoms with Crippen molar-refractivity contribution in [1.82, 2.24) is 9.80 Å². The van der Waals surface area contributed by atoms with Crippen LogP contribution in [0.4, 0.5) is 5.69 Å². The van der Waals surface area contributed by atoms with Gasteiger partial charge in [-0.05, 0) is 42.6 Å². The van der Waals surface area contributed by atoms with Crippen molar-refractivity contribution in [2.45, 2.75) is 19.8 Å². The second-order valence-corrected chi connectivity index (χ2v) is 7.23. The minimum Gasteiger partial charge on any atom is -0.354 e. The van der Waals surface area contributed by atoms with Crippen LogP contribution in [0.2, 0.25) is 0 Å². The summed E-state index contributed by atoms with van der Waals surface area (Å²) in [5.41, 5.74) is 6.37. The van der Waals surface area contributed by atoms with E-state index in [1.165, 1.54) is 22.3 Å². The normalized spacial score (nSPS) is 18.0. The molecule has 0 bridgehead atoms. The van der Waals surface area contributed by atoms with Crippen LogP contribution in [0.25, 0.3) is 5.57 Å². The molecule has 0 aliphatic carbocycles. The van der Waals surface area contributed by atoms with Crippen molar-refractivity contribution in [3.05, 3.63) is 71.3 Å². The molecule has 3 heteroatoms. The summed E-state index contributed by atoms with van der Waals surface area (Å²) in [4.78, 5) is 10.0. The maximum atomic E-state index is 5.18. The summed E-state index contributed by atoms with van der Waals surface area (Å²) in [6, 6.07) is 17.5. The lowest BCUT2D eigenvalue weighted by Crippen LogP contribution is -2.47. The Morgan fingerprint density at radius 1 is 0.962 bits per heavy atom. The van der Waals surface area contributed by atoms with E-state index in [4.69, 9.17) is 4.99 Å². The standard InChI is InChI=1S/C23H27N3/c1-3-18-9-12-22-20(17-18)10-11-21(19-7-5-4-6-8-19)23(24-22)26-15-13-25(2)14-16-26/h4-9,11-12,17H,3,10,13-16H2,1-2H3.